The van der Waals surface area contributed by atoms with Crippen molar-refractivity contribution in [3.8, 4) is 0 Å². The number of para-hydroxylation sites is 2. The average Bonchev–Trinajstić information content (AvgIpc) is 2.84. The van der Waals surface area contributed by atoms with Crippen LogP contribution in [-0.4, -0.2) is 32.6 Å². The van der Waals surface area contributed by atoms with Gasteiger partial charge in [-0.2, -0.15) is 0 Å². The second-order valence-corrected chi connectivity index (χ2v) is 9.17. The molecule has 0 fully saturated rings. The highest BCUT2D eigenvalue weighted by Gasteiger charge is 2.31. The van der Waals surface area contributed by atoms with Crippen LogP contribution in [0.3, 0.4) is 0 Å². The van der Waals surface area contributed by atoms with Crippen molar-refractivity contribution in [2.24, 2.45) is 0 Å². The number of fused-ring (bicyclic) bond motifs is 1. The Kier molecular flexibility index (Phi) is 6.25. The third kappa shape index (κ3) is 4.37. The fraction of sp³-hybridized carbons (Fsp3) is 0.125. The first-order valence-corrected chi connectivity index (χ1v) is 11.6. The number of benzene rings is 3. The topological polar surface area (TPSA) is 90.0 Å². The third-order valence-corrected chi connectivity index (χ3v) is 7.16. The Hall–Kier alpha value is -3.62. The Labute approximate surface area is 187 Å². The summed E-state index contributed by atoms with van der Waals surface area (Å²) in [4.78, 5) is 13.8. The summed E-state index contributed by atoms with van der Waals surface area (Å²) >= 11 is 0. The molecule has 2 N–H and O–H groups in total. The summed E-state index contributed by atoms with van der Waals surface area (Å²) in [6, 6.07) is 23.5. The first-order valence-electron chi connectivity index (χ1n) is 10.1. The molecule has 0 unspecified atom stereocenters. The van der Waals surface area contributed by atoms with Gasteiger partial charge in [0.15, 0.2) is 0 Å². The summed E-state index contributed by atoms with van der Waals surface area (Å²) in [7, 11) is -3.67. The quantitative estimate of drug-likeness (QED) is 0.342. The first-order chi connectivity index (χ1) is 15.5. The second-order valence-electron chi connectivity index (χ2n) is 7.31. The van der Waals surface area contributed by atoms with E-state index in [1.807, 2.05) is 48.5 Å². The number of anilines is 2. The van der Waals surface area contributed by atoms with Gasteiger partial charge in [0.2, 0.25) is 0 Å². The molecule has 0 atom stereocenters. The van der Waals surface area contributed by atoms with Crippen molar-refractivity contribution >= 4 is 33.4 Å². The molecular formula is C24H23N3O4S. The van der Waals surface area contributed by atoms with E-state index in [2.05, 4.69) is 4.90 Å². The van der Waals surface area contributed by atoms with E-state index in [0.717, 1.165) is 16.8 Å². The number of rotatable bonds is 6. The van der Waals surface area contributed by atoms with Gasteiger partial charge in [-0.25, -0.2) is 13.9 Å². The first kappa shape index (κ1) is 21.6. The predicted octanol–water partition coefficient (Wildman–Crippen LogP) is 3.42. The number of hydrogen-bond acceptors (Lipinski definition) is 5. The fourth-order valence-electron chi connectivity index (χ4n) is 3.78. The molecular weight excluding hydrogens is 426 g/mol. The number of nitrogens with zero attached hydrogens (tertiary/aromatic N) is 2. The van der Waals surface area contributed by atoms with Crippen molar-refractivity contribution in [3.63, 3.8) is 0 Å². The van der Waals surface area contributed by atoms with E-state index < -0.39 is 15.9 Å². The van der Waals surface area contributed by atoms with Crippen molar-refractivity contribution in [1.82, 2.24) is 5.48 Å². The molecule has 0 saturated heterocycles. The molecule has 0 aromatic heterocycles. The SMILES string of the molecule is O=C(/C=C/c1ccccc1CN1CCN(S(=O)(=O)c2ccccc2)c2ccccc21)NO. The smallest absolute Gasteiger partial charge is 0.267 e. The van der Waals surface area contributed by atoms with E-state index in [-0.39, 0.29) is 4.90 Å². The minimum atomic E-state index is -3.67. The van der Waals surface area contributed by atoms with Crippen LogP contribution in [0.15, 0.2) is 89.8 Å². The van der Waals surface area contributed by atoms with Crippen LogP contribution in [0.1, 0.15) is 11.1 Å². The second kappa shape index (κ2) is 9.25. The molecule has 4 rings (SSSR count). The average molecular weight is 450 g/mol. The standard InChI is InChI=1S/C24H23N3O4S/c28-24(25-29)15-14-19-8-4-5-9-20(19)18-26-16-17-27(23-13-7-6-12-22(23)26)32(30,31)21-10-2-1-3-11-21/h1-15,29H,16-18H2,(H,25,28)/b15-14+. The molecule has 8 heteroatoms. The zero-order chi connectivity index (χ0) is 22.6. The molecule has 1 heterocycles. The van der Waals surface area contributed by atoms with Crippen LogP contribution in [-0.2, 0) is 21.4 Å². The molecule has 7 nitrogen and oxygen atoms in total. The minimum absolute atomic E-state index is 0.265. The molecule has 0 radical (unpaired) electrons. The Morgan fingerprint density at radius 2 is 1.56 bits per heavy atom. The highest BCUT2D eigenvalue weighted by molar-refractivity contribution is 7.92. The van der Waals surface area contributed by atoms with Gasteiger partial charge in [-0.05, 0) is 41.5 Å². The summed E-state index contributed by atoms with van der Waals surface area (Å²) in [5, 5.41) is 8.71. The van der Waals surface area contributed by atoms with E-state index in [0.29, 0.717) is 25.3 Å². The Balaban J connectivity index is 1.65. The van der Waals surface area contributed by atoms with Gasteiger partial charge in [0.05, 0.1) is 22.8 Å². The van der Waals surface area contributed by atoms with E-state index in [9.17, 15) is 13.2 Å². The van der Waals surface area contributed by atoms with Gasteiger partial charge in [-0.3, -0.25) is 14.3 Å². The van der Waals surface area contributed by atoms with Crippen molar-refractivity contribution < 1.29 is 18.4 Å². The van der Waals surface area contributed by atoms with Crippen molar-refractivity contribution in [3.05, 3.63) is 96.1 Å². The van der Waals surface area contributed by atoms with Crippen LogP contribution in [0.2, 0.25) is 0 Å². The van der Waals surface area contributed by atoms with Crippen molar-refractivity contribution in [1.29, 1.82) is 0 Å². The van der Waals surface area contributed by atoms with Gasteiger partial charge in [0.1, 0.15) is 0 Å². The molecule has 1 aliphatic rings. The van der Waals surface area contributed by atoms with Gasteiger partial charge in [0.25, 0.3) is 15.9 Å². The van der Waals surface area contributed by atoms with Crippen LogP contribution >= 0.6 is 0 Å². The number of amides is 1. The lowest BCUT2D eigenvalue weighted by Crippen LogP contribution is -2.43. The van der Waals surface area contributed by atoms with Gasteiger partial charge in [-0.15, -0.1) is 0 Å². The highest BCUT2D eigenvalue weighted by Crippen LogP contribution is 2.37. The Bertz CT molecular complexity index is 1240. The maximum atomic E-state index is 13.3. The number of hydrogen-bond donors (Lipinski definition) is 2. The maximum Gasteiger partial charge on any atom is 0.267 e. The lowest BCUT2D eigenvalue weighted by molar-refractivity contribution is -0.124. The zero-order valence-electron chi connectivity index (χ0n) is 17.3. The third-order valence-electron chi connectivity index (χ3n) is 5.34. The number of hydroxylamine groups is 1. The summed E-state index contributed by atoms with van der Waals surface area (Å²) in [5.74, 6) is -0.607. The summed E-state index contributed by atoms with van der Waals surface area (Å²) < 4.78 is 28.0. The van der Waals surface area contributed by atoms with Gasteiger partial charge >= 0.3 is 0 Å². The molecule has 1 amide bonds. The molecule has 32 heavy (non-hydrogen) atoms. The number of carbonyl (C=O) groups excluding carboxylic acids is 1. The molecule has 3 aromatic rings. The van der Waals surface area contributed by atoms with Crippen molar-refractivity contribution in [2.45, 2.75) is 11.4 Å². The molecule has 164 valence electrons. The van der Waals surface area contributed by atoms with Crippen LogP contribution in [0.25, 0.3) is 6.08 Å². The summed E-state index contributed by atoms with van der Waals surface area (Å²) in [6.45, 7) is 1.37. The van der Waals surface area contributed by atoms with E-state index >= 15 is 0 Å². The fourth-order valence-corrected chi connectivity index (χ4v) is 5.27. The summed E-state index contributed by atoms with van der Waals surface area (Å²) in [5.41, 5.74) is 4.86. The Morgan fingerprint density at radius 1 is 0.906 bits per heavy atom. The molecule has 0 bridgehead atoms. The molecule has 0 aliphatic carbocycles. The normalized spacial score (nSPS) is 13.8. The minimum Gasteiger partial charge on any atom is -0.364 e. The Morgan fingerprint density at radius 3 is 2.31 bits per heavy atom. The maximum absolute atomic E-state index is 13.3. The van der Waals surface area contributed by atoms with E-state index in [1.165, 1.54) is 10.4 Å². The molecule has 1 aliphatic heterocycles. The van der Waals surface area contributed by atoms with Gasteiger partial charge in [0, 0.05) is 19.2 Å². The molecule has 0 saturated carbocycles. The zero-order valence-corrected chi connectivity index (χ0v) is 18.1. The van der Waals surface area contributed by atoms with Gasteiger partial charge in [-0.1, -0.05) is 54.6 Å². The van der Waals surface area contributed by atoms with Crippen LogP contribution in [0, 0.1) is 0 Å². The van der Waals surface area contributed by atoms with Crippen LogP contribution < -0.4 is 14.7 Å². The molecule has 3 aromatic carbocycles. The number of sulfonamides is 1. The van der Waals surface area contributed by atoms with Crippen molar-refractivity contribution in [2.75, 3.05) is 22.3 Å². The largest absolute Gasteiger partial charge is 0.364 e. The number of carbonyl (C=O) groups is 1. The predicted molar refractivity (Wildman–Crippen MR) is 124 cm³/mol. The number of nitrogens with one attached hydrogen (secondary N) is 1. The highest BCUT2D eigenvalue weighted by atomic mass is 32.2. The lowest BCUT2D eigenvalue weighted by Gasteiger charge is -2.38. The van der Waals surface area contributed by atoms with Crippen LogP contribution in [0.4, 0.5) is 11.4 Å². The van der Waals surface area contributed by atoms with E-state index in [1.54, 1.807) is 41.9 Å². The summed E-state index contributed by atoms with van der Waals surface area (Å²) in [6.07, 6.45) is 2.90. The lowest BCUT2D eigenvalue weighted by atomic mass is 10.1. The molecule has 0 spiro atoms. The van der Waals surface area contributed by atoms with E-state index in [4.69, 9.17) is 5.21 Å². The monoisotopic (exact) mass is 449 g/mol. The van der Waals surface area contributed by atoms with Crippen LogP contribution in [0.5, 0.6) is 0 Å². The van der Waals surface area contributed by atoms with Gasteiger partial charge < -0.3 is 4.90 Å².